The van der Waals surface area contributed by atoms with Gasteiger partial charge in [-0.15, -0.1) is 0 Å². The third-order valence-corrected chi connectivity index (χ3v) is 4.23. The van der Waals surface area contributed by atoms with Gasteiger partial charge in [-0.05, 0) is 43.3 Å². The minimum atomic E-state index is -0.522. The first kappa shape index (κ1) is 21.6. The first-order valence-corrected chi connectivity index (χ1v) is 9.46. The van der Waals surface area contributed by atoms with E-state index in [0.29, 0.717) is 29.4 Å². The predicted molar refractivity (Wildman–Crippen MR) is 118 cm³/mol. The number of hydrazone groups is 1. The standard InChI is InChI=1S/C22H23N5O4/c1-4-31-16-7-5-15(6-8-16)20-21(23)24-13-19(26-20)22(28)27-25-12-14-9-17(29-2)11-18(10-14)30-3/h5-13H,4H2,1-3H3,(H2,23,24)(H,27,28)/b25-12+. The molecule has 3 N–H and O–H groups in total. The average molecular weight is 421 g/mol. The van der Waals surface area contributed by atoms with Crippen LogP contribution in [0.5, 0.6) is 17.2 Å². The summed E-state index contributed by atoms with van der Waals surface area (Å²) in [5.41, 5.74) is 10.3. The van der Waals surface area contributed by atoms with E-state index in [0.717, 1.165) is 11.3 Å². The van der Waals surface area contributed by atoms with E-state index in [2.05, 4.69) is 20.5 Å². The Morgan fingerprint density at radius 2 is 1.77 bits per heavy atom. The number of nitrogens with zero attached hydrogens (tertiary/aromatic N) is 3. The molecule has 3 rings (SSSR count). The molecule has 0 aliphatic rings. The summed E-state index contributed by atoms with van der Waals surface area (Å²) in [6.45, 7) is 2.48. The summed E-state index contributed by atoms with van der Waals surface area (Å²) in [4.78, 5) is 20.9. The lowest BCUT2D eigenvalue weighted by Gasteiger charge is -2.08. The van der Waals surface area contributed by atoms with E-state index >= 15 is 0 Å². The first-order valence-electron chi connectivity index (χ1n) is 9.46. The number of hydrogen-bond acceptors (Lipinski definition) is 8. The molecule has 9 heteroatoms. The van der Waals surface area contributed by atoms with Crippen LogP contribution in [0.2, 0.25) is 0 Å². The number of anilines is 1. The molecule has 1 heterocycles. The normalized spacial score (nSPS) is 10.7. The molecule has 0 aliphatic carbocycles. The largest absolute Gasteiger partial charge is 0.497 e. The molecule has 3 aromatic rings. The van der Waals surface area contributed by atoms with Crippen molar-refractivity contribution < 1.29 is 19.0 Å². The molecule has 0 aliphatic heterocycles. The Kier molecular flexibility index (Phi) is 7.00. The van der Waals surface area contributed by atoms with Crippen LogP contribution in [0.15, 0.2) is 53.8 Å². The highest BCUT2D eigenvalue weighted by molar-refractivity contribution is 5.94. The Labute approximate surface area is 179 Å². The Morgan fingerprint density at radius 1 is 1.10 bits per heavy atom. The van der Waals surface area contributed by atoms with Crippen LogP contribution in [0.1, 0.15) is 23.0 Å². The monoisotopic (exact) mass is 421 g/mol. The molecule has 0 saturated heterocycles. The summed E-state index contributed by atoms with van der Waals surface area (Å²) in [6, 6.07) is 12.5. The number of ether oxygens (including phenoxy) is 3. The van der Waals surface area contributed by atoms with Gasteiger partial charge in [-0.25, -0.2) is 15.4 Å². The number of rotatable bonds is 8. The van der Waals surface area contributed by atoms with Gasteiger partial charge in [0.1, 0.15) is 34.5 Å². The van der Waals surface area contributed by atoms with Crippen LogP contribution < -0.4 is 25.4 Å². The molecule has 0 fully saturated rings. The molecule has 160 valence electrons. The molecule has 1 aromatic heterocycles. The summed E-state index contributed by atoms with van der Waals surface area (Å²) in [5.74, 6) is 1.64. The van der Waals surface area contributed by atoms with E-state index in [-0.39, 0.29) is 11.5 Å². The molecule has 2 aromatic carbocycles. The van der Waals surface area contributed by atoms with Crippen LogP contribution in [0, 0.1) is 0 Å². The number of nitrogens with one attached hydrogen (secondary N) is 1. The van der Waals surface area contributed by atoms with E-state index in [1.165, 1.54) is 12.4 Å². The van der Waals surface area contributed by atoms with E-state index in [1.54, 1.807) is 56.7 Å². The predicted octanol–water partition coefficient (Wildman–Crippen LogP) is 2.91. The van der Waals surface area contributed by atoms with Crippen molar-refractivity contribution in [3.63, 3.8) is 0 Å². The molecular formula is C22H23N5O4. The third-order valence-electron chi connectivity index (χ3n) is 4.23. The zero-order valence-electron chi connectivity index (χ0n) is 17.5. The Morgan fingerprint density at radius 3 is 2.39 bits per heavy atom. The highest BCUT2D eigenvalue weighted by atomic mass is 16.5. The number of nitrogen functional groups attached to an aromatic ring is 1. The molecule has 0 radical (unpaired) electrons. The zero-order valence-corrected chi connectivity index (χ0v) is 17.5. The van der Waals surface area contributed by atoms with Crippen molar-refractivity contribution >= 4 is 17.9 Å². The van der Waals surface area contributed by atoms with E-state index < -0.39 is 5.91 Å². The molecule has 0 saturated carbocycles. The summed E-state index contributed by atoms with van der Waals surface area (Å²) in [7, 11) is 3.11. The molecule has 0 unspecified atom stereocenters. The Bertz CT molecular complexity index is 1060. The third kappa shape index (κ3) is 5.47. The average Bonchev–Trinajstić information content (AvgIpc) is 2.80. The Hall–Kier alpha value is -4.14. The van der Waals surface area contributed by atoms with E-state index in [4.69, 9.17) is 19.9 Å². The second-order valence-electron chi connectivity index (χ2n) is 6.29. The van der Waals surface area contributed by atoms with Crippen LogP contribution in [-0.2, 0) is 0 Å². The molecule has 0 bridgehead atoms. The van der Waals surface area contributed by atoms with Crippen LogP contribution in [-0.4, -0.2) is 42.9 Å². The van der Waals surface area contributed by atoms with Gasteiger partial charge in [0.25, 0.3) is 5.91 Å². The van der Waals surface area contributed by atoms with Gasteiger partial charge in [0.15, 0.2) is 0 Å². The number of methoxy groups -OCH3 is 2. The van der Waals surface area contributed by atoms with Crippen LogP contribution in [0.25, 0.3) is 11.3 Å². The maximum absolute atomic E-state index is 12.5. The molecule has 9 nitrogen and oxygen atoms in total. The van der Waals surface area contributed by atoms with E-state index in [9.17, 15) is 4.79 Å². The van der Waals surface area contributed by atoms with Crippen molar-refractivity contribution in [2.45, 2.75) is 6.92 Å². The fourth-order valence-corrected chi connectivity index (χ4v) is 2.72. The van der Waals surface area contributed by atoms with Gasteiger partial charge in [-0.2, -0.15) is 5.10 Å². The molecule has 0 atom stereocenters. The molecule has 31 heavy (non-hydrogen) atoms. The van der Waals surface area contributed by atoms with Crippen LogP contribution >= 0.6 is 0 Å². The quantitative estimate of drug-likeness (QED) is 0.424. The minimum absolute atomic E-state index is 0.0819. The maximum Gasteiger partial charge on any atom is 0.291 e. The lowest BCUT2D eigenvalue weighted by atomic mass is 10.1. The molecular weight excluding hydrogens is 398 g/mol. The fraction of sp³-hybridized carbons (Fsp3) is 0.182. The molecule has 0 spiro atoms. The molecule has 1 amide bonds. The number of aromatic nitrogens is 2. The minimum Gasteiger partial charge on any atom is -0.497 e. The van der Waals surface area contributed by atoms with Crippen molar-refractivity contribution in [1.29, 1.82) is 0 Å². The van der Waals surface area contributed by atoms with Gasteiger partial charge in [0.2, 0.25) is 0 Å². The number of carbonyl (C=O) groups excluding carboxylic acids is 1. The van der Waals surface area contributed by atoms with Gasteiger partial charge in [0.05, 0.1) is 33.2 Å². The SMILES string of the molecule is CCOc1ccc(-c2nc(C(=O)N/N=C/c3cc(OC)cc(OC)c3)cnc2N)cc1. The van der Waals surface area contributed by atoms with Crippen molar-refractivity contribution in [2.75, 3.05) is 26.6 Å². The highest BCUT2D eigenvalue weighted by Crippen LogP contribution is 2.25. The number of benzene rings is 2. The number of amides is 1. The smallest absolute Gasteiger partial charge is 0.291 e. The summed E-state index contributed by atoms with van der Waals surface area (Å²) >= 11 is 0. The Balaban J connectivity index is 1.75. The van der Waals surface area contributed by atoms with Gasteiger partial charge < -0.3 is 19.9 Å². The summed E-state index contributed by atoms with van der Waals surface area (Å²) in [5, 5.41) is 3.97. The fourth-order valence-electron chi connectivity index (χ4n) is 2.72. The second kappa shape index (κ2) is 10.1. The van der Waals surface area contributed by atoms with Gasteiger partial charge in [-0.1, -0.05) is 0 Å². The van der Waals surface area contributed by atoms with Crippen molar-refractivity contribution in [2.24, 2.45) is 5.10 Å². The zero-order chi connectivity index (χ0) is 22.2. The highest BCUT2D eigenvalue weighted by Gasteiger charge is 2.13. The summed E-state index contributed by atoms with van der Waals surface area (Å²) in [6.07, 6.45) is 2.77. The van der Waals surface area contributed by atoms with Gasteiger partial charge in [0, 0.05) is 17.2 Å². The van der Waals surface area contributed by atoms with Gasteiger partial charge in [-0.3, -0.25) is 4.79 Å². The number of nitrogens with two attached hydrogens (primary N) is 1. The lowest BCUT2D eigenvalue weighted by Crippen LogP contribution is -2.20. The van der Waals surface area contributed by atoms with Crippen LogP contribution in [0.4, 0.5) is 5.82 Å². The van der Waals surface area contributed by atoms with E-state index in [1.807, 2.05) is 6.92 Å². The topological polar surface area (TPSA) is 121 Å². The van der Waals surface area contributed by atoms with Crippen molar-refractivity contribution in [1.82, 2.24) is 15.4 Å². The van der Waals surface area contributed by atoms with Crippen molar-refractivity contribution in [3.8, 4) is 28.5 Å². The number of carbonyl (C=O) groups is 1. The van der Waals surface area contributed by atoms with Gasteiger partial charge >= 0.3 is 0 Å². The van der Waals surface area contributed by atoms with Crippen LogP contribution in [0.3, 0.4) is 0 Å². The summed E-state index contributed by atoms with van der Waals surface area (Å²) < 4.78 is 15.9. The second-order valence-corrected chi connectivity index (χ2v) is 6.29. The number of hydrogen-bond donors (Lipinski definition) is 2. The first-order chi connectivity index (χ1) is 15.0. The maximum atomic E-state index is 12.5. The van der Waals surface area contributed by atoms with Crippen molar-refractivity contribution in [3.05, 3.63) is 59.9 Å². The lowest BCUT2D eigenvalue weighted by molar-refractivity contribution is 0.0950.